The lowest BCUT2D eigenvalue weighted by atomic mass is 9.99. The van der Waals surface area contributed by atoms with Crippen LogP contribution in [-0.4, -0.2) is 30.2 Å². The van der Waals surface area contributed by atoms with Crippen LogP contribution in [0.4, 0.5) is 10.8 Å². The quantitative estimate of drug-likeness (QED) is 0.317. The lowest BCUT2D eigenvalue weighted by Crippen LogP contribution is -2.13. The molecule has 0 aliphatic rings. The summed E-state index contributed by atoms with van der Waals surface area (Å²) < 4.78 is 6.37. The van der Waals surface area contributed by atoms with E-state index >= 15 is 0 Å². The van der Waals surface area contributed by atoms with E-state index in [9.17, 15) is 14.7 Å². The highest BCUT2D eigenvalue weighted by atomic mass is 32.1. The molecular weight excluding hydrogens is 462 g/mol. The maximum absolute atomic E-state index is 13.3. The molecule has 2 heterocycles. The minimum Gasteiger partial charge on any atom is -0.478 e. The minimum atomic E-state index is -1.01. The van der Waals surface area contributed by atoms with Crippen molar-refractivity contribution in [2.75, 3.05) is 24.3 Å². The highest BCUT2D eigenvalue weighted by molar-refractivity contribution is 7.18. The second kappa shape index (κ2) is 10.7. The van der Waals surface area contributed by atoms with E-state index in [1.165, 1.54) is 11.3 Å². The number of hydrogen-bond acceptors (Lipinski definition) is 7. The Balaban J connectivity index is 0.00000167. The lowest BCUT2D eigenvalue weighted by Gasteiger charge is -2.19. The lowest BCUT2D eigenvalue weighted by molar-refractivity contribution is 0.0698. The summed E-state index contributed by atoms with van der Waals surface area (Å²) in [5.41, 5.74) is 3.31. The molecule has 0 amide bonds. The molecule has 0 aliphatic carbocycles. The van der Waals surface area contributed by atoms with Crippen molar-refractivity contribution in [2.24, 2.45) is 0 Å². The van der Waals surface area contributed by atoms with Crippen LogP contribution >= 0.6 is 11.3 Å². The van der Waals surface area contributed by atoms with Gasteiger partial charge in [0.2, 0.25) is 0 Å². The summed E-state index contributed by atoms with van der Waals surface area (Å²) in [6.07, 6.45) is 1.72. The zero-order valence-corrected chi connectivity index (χ0v) is 21.9. The molecule has 0 radical (unpaired) electrons. The van der Waals surface area contributed by atoms with Gasteiger partial charge in [-0.25, -0.2) is 9.78 Å². The molecule has 0 spiro atoms. The third kappa shape index (κ3) is 5.22. The number of aromatic carboxylic acids is 1. The number of nitrogens with zero attached hydrogens (tertiary/aromatic N) is 2. The molecule has 4 aromatic rings. The summed E-state index contributed by atoms with van der Waals surface area (Å²) in [7, 11) is 3.82. The molecule has 0 bridgehead atoms. The van der Waals surface area contributed by atoms with Crippen LogP contribution in [0.25, 0.3) is 21.6 Å². The van der Waals surface area contributed by atoms with E-state index in [0.29, 0.717) is 28.0 Å². The largest absolute Gasteiger partial charge is 0.478 e. The van der Waals surface area contributed by atoms with Crippen LogP contribution in [0.5, 0.6) is 0 Å². The Morgan fingerprint density at radius 2 is 1.86 bits per heavy atom. The zero-order chi connectivity index (χ0) is 25.9. The molecule has 2 aromatic carbocycles. The molecule has 2 N–H and O–H groups in total. The number of anilines is 2. The highest BCUT2D eigenvalue weighted by Gasteiger charge is 2.21. The van der Waals surface area contributed by atoms with Crippen LogP contribution in [0.3, 0.4) is 0 Å². The number of carboxylic acid groups (broad SMARTS) is 1. The molecule has 4 rings (SSSR count). The minimum absolute atomic E-state index is 0.0888. The van der Waals surface area contributed by atoms with Crippen molar-refractivity contribution in [3.8, 4) is 10.6 Å². The molecule has 0 saturated heterocycles. The summed E-state index contributed by atoms with van der Waals surface area (Å²) in [4.78, 5) is 32.0. The van der Waals surface area contributed by atoms with Gasteiger partial charge in [-0.15, -0.1) is 0 Å². The normalized spacial score (nSPS) is 11.5. The molecule has 1 atom stereocenters. The van der Waals surface area contributed by atoms with Crippen molar-refractivity contribution in [2.45, 2.75) is 40.7 Å². The average molecular weight is 494 g/mol. The maximum atomic E-state index is 13.3. The summed E-state index contributed by atoms with van der Waals surface area (Å²) in [6, 6.07) is 10.2. The van der Waals surface area contributed by atoms with Gasteiger partial charge in [0.25, 0.3) is 0 Å². The van der Waals surface area contributed by atoms with E-state index in [1.807, 2.05) is 58.8 Å². The number of aryl methyl sites for hydroxylation is 1. The van der Waals surface area contributed by atoms with Gasteiger partial charge in [0.15, 0.2) is 16.3 Å². The van der Waals surface area contributed by atoms with E-state index < -0.39 is 5.97 Å². The maximum Gasteiger partial charge on any atom is 0.337 e. The van der Waals surface area contributed by atoms with Crippen molar-refractivity contribution in [3.63, 3.8) is 0 Å². The van der Waals surface area contributed by atoms with Crippen molar-refractivity contribution in [3.05, 3.63) is 75.1 Å². The van der Waals surface area contributed by atoms with Crippen molar-refractivity contribution in [1.29, 1.82) is 0 Å². The smallest absolute Gasteiger partial charge is 0.337 e. The number of hydrogen-bond donors (Lipinski definition) is 2. The molecule has 1 unspecified atom stereocenters. The zero-order valence-electron chi connectivity index (χ0n) is 21.1. The van der Waals surface area contributed by atoms with Gasteiger partial charge in [-0.1, -0.05) is 43.4 Å². The number of fused-ring (bicyclic) bond motifs is 1. The summed E-state index contributed by atoms with van der Waals surface area (Å²) in [6.45, 7) is 9.61. The average Bonchev–Trinajstić information content (AvgIpc) is 3.33. The number of benzene rings is 2. The fraction of sp³-hybridized carbons (Fsp3) is 0.296. The monoisotopic (exact) mass is 493 g/mol. The van der Waals surface area contributed by atoms with Crippen molar-refractivity contribution >= 4 is 39.1 Å². The van der Waals surface area contributed by atoms with E-state index in [2.05, 4.69) is 10.3 Å². The summed E-state index contributed by atoms with van der Waals surface area (Å²) in [5, 5.41) is 14.1. The Labute approximate surface area is 209 Å². The number of aromatic nitrogens is 1. The van der Waals surface area contributed by atoms with Crippen molar-refractivity contribution < 1.29 is 14.3 Å². The van der Waals surface area contributed by atoms with Crippen LogP contribution in [-0.2, 0) is 0 Å². The SMILES string of the molecule is CC.Cc1cc(C(C)Nc2ccccc2C(=O)O)c2oc(-c3cnc(N(C)C)s3)c(C)c(=O)c2c1. The van der Waals surface area contributed by atoms with Gasteiger partial charge < -0.3 is 19.7 Å². The fourth-order valence-electron chi connectivity index (χ4n) is 3.81. The first-order valence-electron chi connectivity index (χ1n) is 11.5. The Hall–Kier alpha value is -3.65. The fourth-order valence-corrected chi connectivity index (χ4v) is 4.68. The number of carboxylic acids is 1. The Bertz CT molecular complexity index is 1420. The number of nitrogens with one attached hydrogen (secondary N) is 1. The molecule has 35 heavy (non-hydrogen) atoms. The van der Waals surface area contributed by atoms with Gasteiger partial charge in [0.1, 0.15) is 5.58 Å². The standard InChI is InChI=1S/C25H25N3O4S.C2H6/c1-13-10-17(15(3)27-19-9-7-6-8-16(19)24(30)31)23-18(11-13)21(29)14(2)22(32-23)20-12-26-25(33-20)28(4)5;1-2/h6-12,15,27H,1-5H3,(H,30,31);1-2H3. The molecule has 7 nitrogen and oxygen atoms in total. The molecule has 0 saturated carbocycles. The predicted molar refractivity (Wildman–Crippen MR) is 144 cm³/mol. The molecule has 0 aliphatic heterocycles. The predicted octanol–water partition coefficient (Wildman–Crippen LogP) is 6.50. The third-order valence-electron chi connectivity index (χ3n) is 5.49. The molecule has 2 aromatic heterocycles. The number of para-hydroxylation sites is 1. The highest BCUT2D eigenvalue weighted by Crippen LogP contribution is 2.36. The van der Waals surface area contributed by atoms with Crippen molar-refractivity contribution in [1.82, 2.24) is 4.98 Å². The molecule has 8 heteroatoms. The van der Waals surface area contributed by atoms with Gasteiger partial charge in [0.05, 0.1) is 28.1 Å². The Kier molecular flexibility index (Phi) is 7.96. The Morgan fingerprint density at radius 3 is 2.49 bits per heavy atom. The first-order valence-corrected chi connectivity index (χ1v) is 12.3. The van der Waals surface area contributed by atoms with Gasteiger partial charge in [-0.05, 0) is 44.5 Å². The topological polar surface area (TPSA) is 95.7 Å². The Morgan fingerprint density at radius 1 is 1.17 bits per heavy atom. The molecular formula is C27H31N3O4S. The first-order chi connectivity index (χ1) is 16.7. The second-order valence-electron chi connectivity index (χ2n) is 8.23. The molecule has 0 fully saturated rings. The van der Waals surface area contributed by atoms with E-state index in [4.69, 9.17) is 4.42 Å². The number of rotatable bonds is 6. The van der Waals surface area contributed by atoms with Gasteiger partial charge in [-0.2, -0.15) is 0 Å². The second-order valence-corrected chi connectivity index (χ2v) is 9.24. The van der Waals surface area contributed by atoms with E-state index in [0.717, 1.165) is 21.1 Å². The van der Waals surface area contributed by atoms with Crippen LogP contribution < -0.4 is 15.6 Å². The van der Waals surface area contributed by atoms with Crippen LogP contribution in [0.2, 0.25) is 0 Å². The van der Waals surface area contributed by atoms with Crippen LogP contribution in [0.15, 0.2) is 51.8 Å². The molecule has 184 valence electrons. The third-order valence-corrected chi connectivity index (χ3v) is 6.65. The van der Waals surface area contributed by atoms with E-state index in [1.54, 1.807) is 37.4 Å². The first kappa shape index (κ1) is 26.0. The van der Waals surface area contributed by atoms with Gasteiger partial charge >= 0.3 is 5.97 Å². The number of carbonyl (C=O) groups is 1. The van der Waals surface area contributed by atoms with Crippen LogP contribution in [0, 0.1) is 13.8 Å². The van der Waals surface area contributed by atoms with Crippen LogP contribution in [0.1, 0.15) is 53.9 Å². The number of thiazole rings is 1. The summed E-state index contributed by atoms with van der Waals surface area (Å²) >= 11 is 1.45. The van der Waals surface area contributed by atoms with Gasteiger partial charge in [-0.3, -0.25) is 4.79 Å². The van der Waals surface area contributed by atoms with E-state index in [-0.39, 0.29) is 17.0 Å². The van der Waals surface area contributed by atoms with Gasteiger partial charge in [0, 0.05) is 30.9 Å². The summed E-state index contributed by atoms with van der Waals surface area (Å²) in [5.74, 6) is -0.507.